The normalized spacial score (nSPS) is 14.6. The molecule has 0 aromatic carbocycles. The highest BCUT2D eigenvalue weighted by Gasteiger charge is 2.36. The smallest absolute Gasteiger partial charge is 0.222 e. The van der Waals surface area contributed by atoms with Gasteiger partial charge in [-0.15, -0.1) is 0 Å². The molecule has 2 amide bonds. The number of carbonyl (C=O) groups is 2. The zero-order valence-corrected chi connectivity index (χ0v) is 15.6. The molecule has 0 aromatic rings. The maximum Gasteiger partial charge on any atom is 0.222 e. The second-order valence-electron chi connectivity index (χ2n) is 7.60. The van der Waals surface area contributed by atoms with Crippen LogP contribution in [-0.4, -0.2) is 34.8 Å². The van der Waals surface area contributed by atoms with Crippen molar-refractivity contribution >= 4 is 11.8 Å². The molecule has 134 valence electrons. The summed E-state index contributed by atoms with van der Waals surface area (Å²) < 4.78 is 0. The molecule has 0 bridgehead atoms. The van der Waals surface area contributed by atoms with Gasteiger partial charge in [0.15, 0.2) is 0 Å². The van der Waals surface area contributed by atoms with Crippen LogP contribution in [0.25, 0.3) is 0 Å². The molecule has 4 nitrogen and oxygen atoms in total. The van der Waals surface area contributed by atoms with Crippen molar-refractivity contribution in [1.82, 2.24) is 10.2 Å². The zero-order chi connectivity index (χ0) is 17.3. The Kier molecular flexibility index (Phi) is 8.64. The van der Waals surface area contributed by atoms with E-state index in [9.17, 15) is 9.59 Å². The van der Waals surface area contributed by atoms with Gasteiger partial charge in [-0.1, -0.05) is 39.5 Å². The average molecular weight is 325 g/mol. The summed E-state index contributed by atoms with van der Waals surface area (Å²) in [5, 5.41) is 3.12. The highest BCUT2D eigenvalue weighted by molar-refractivity contribution is 5.78. The summed E-state index contributed by atoms with van der Waals surface area (Å²) in [4.78, 5) is 26.6. The Morgan fingerprint density at radius 1 is 1.00 bits per heavy atom. The van der Waals surface area contributed by atoms with Crippen molar-refractivity contribution in [2.24, 2.45) is 0 Å². The largest absolute Gasteiger partial charge is 0.349 e. The summed E-state index contributed by atoms with van der Waals surface area (Å²) in [5.74, 6) is 0.367. The molecule has 1 aliphatic rings. The second kappa shape index (κ2) is 9.94. The van der Waals surface area contributed by atoms with Gasteiger partial charge >= 0.3 is 0 Å². The lowest BCUT2D eigenvalue weighted by Gasteiger charge is -2.34. The van der Waals surface area contributed by atoms with Crippen molar-refractivity contribution in [3.05, 3.63) is 0 Å². The average Bonchev–Trinajstić information content (AvgIpc) is 3.29. The fourth-order valence-electron chi connectivity index (χ4n) is 2.92. The van der Waals surface area contributed by atoms with Gasteiger partial charge in [-0.3, -0.25) is 9.59 Å². The molecule has 1 saturated carbocycles. The molecule has 1 fully saturated rings. The monoisotopic (exact) mass is 324 g/mol. The number of carbonyl (C=O) groups excluding carboxylic acids is 2. The van der Waals surface area contributed by atoms with Crippen LogP contribution in [0.1, 0.15) is 91.9 Å². The third kappa shape index (κ3) is 8.38. The Morgan fingerprint density at radius 3 is 2.09 bits per heavy atom. The van der Waals surface area contributed by atoms with Gasteiger partial charge in [0.25, 0.3) is 0 Å². The quantitative estimate of drug-likeness (QED) is 0.551. The molecule has 1 rings (SSSR count). The predicted molar refractivity (Wildman–Crippen MR) is 95.2 cm³/mol. The van der Waals surface area contributed by atoms with Crippen LogP contribution in [0.5, 0.6) is 0 Å². The first-order valence-corrected chi connectivity index (χ1v) is 9.50. The highest BCUT2D eigenvalue weighted by Crippen LogP contribution is 2.29. The van der Waals surface area contributed by atoms with Gasteiger partial charge in [-0.05, 0) is 39.5 Å². The number of nitrogens with zero attached hydrogens (tertiary/aromatic N) is 1. The summed E-state index contributed by atoms with van der Waals surface area (Å²) in [6.07, 6.45) is 9.84. The maximum absolute atomic E-state index is 12.5. The summed E-state index contributed by atoms with van der Waals surface area (Å²) in [7, 11) is 0. The van der Waals surface area contributed by atoms with Crippen LogP contribution in [-0.2, 0) is 9.59 Å². The van der Waals surface area contributed by atoms with Gasteiger partial charge in [-0.2, -0.15) is 0 Å². The van der Waals surface area contributed by atoms with Gasteiger partial charge in [0, 0.05) is 25.4 Å². The number of hydrogen-bond donors (Lipinski definition) is 1. The first-order chi connectivity index (χ1) is 10.9. The zero-order valence-electron chi connectivity index (χ0n) is 15.6. The molecule has 23 heavy (non-hydrogen) atoms. The van der Waals surface area contributed by atoms with E-state index in [-0.39, 0.29) is 17.4 Å². The minimum Gasteiger partial charge on any atom is -0.349 e. The number of hydrogen-bond acceptors (Lipinski definition) is 2. The molecule has 0 spiro atoms. The Morgan fingerprint density at radius 2 is 1.57 bits per heavy atom. The van der Waals surface area contributed by atoms with E-state index in [0.717, 1.165) is 51.4 Å². The van der Waals surface area contributed by atoms with Crippen LogP contribution in [0.2, 0.25) is 0 Å². The van der Waals surface area contributed by atoms with Crippen molar-refractivity contribution in [2.75, 3.05) is 6.54 Å². The van der Waals surface area contributed by atoms with Crippen molar-refractivity contribution in [3.63, 3.8) is 0 Å². The summed E-state index contributed by atoms with van der Waals surface area (Å²) in [6.45, 7) is 8.97. The Hall–Kier alpha value is -1.06. The molecule has 0 atom stereocenters. The molecule has 0 aromatic heterocycles. The Balaban J connectivity index is 2.46. The summed E-state index contributed by atoms with van der Waals surface area (Å²) in [5.41, 5.74) is -0.355. The molecule has 0 radical (unpaired) electrons. The van der Waals surface area contributed by atoms with E-state index in [1.54, 1.807) is 0 Å². The van der Waals surface area contributed by atoms with Crippen molar-refractivity contribution < 1.29 is 9.59 Å². The summed E-state index contributed by atoms with van der Waals surface area (Å²) >= 11 is 0. The fraction of sp³-hybridized carbons (Fsp3) is 0.895. The first kappa shape index (κ1) is 20.0. The number of amides is 2. The van der Waals surface area contributed by atoms with Gasteiger partial charge in [0.05, 0.1) is 5.54 Å². The lowest BCUT2D eigenvalue weighted by atomic mass is 10.0. The van der Waals surface area contributed by atoms with Gasteiger partial charge in [0.2, 0.25) is 11.8 Å². The van der Waals surface area contributed by atoms with Crippen molar-refractivity contribution in [3.8, 4) is 0 Å². The molecule has 1 aliphatic carbocycles. The number of nitrogens with one attached hydrogen (secondary N) is 1. The van der Waals surface area contributed by atoms with Gasteiger partial charge in [0.1, 0.15) is 0 Å². The van der Waals surface area contributed by atoms with E-state index in [2.05, 4.69) is 19.2 Å². The fourth-order valence-corrected chi connectivity index (χ4v) is 2.92. The van der Waals surface area contributed by atoms with Crippen LogP contribution in [0.15, 0.2) is 0 Å². The Labute approximate surface area is 142 Å². The molecule has 4 heteroatoms. The summed E-state index contributed by atoms with van der Waals surface area (Å²) in [6, 6.07) is 0.403. The van der Waals surface area contributed by atoms with Gasteiger partial charge in [-0.25, -0.2) is 0 Å². The van der Waals surface area contributed by atoms with E-state index >= 15 is 0 Å². The van der Waals surface area contributed by atoms with Crippen LogP contribution in [0.4, 0.5) is 0 Å². The SMILES string of the molecule is CCCCCC(=O)NC(C)(C)CN(C(=O)CCCCC)C1CC1. The molecule has 1 N–H and O–H groups in total. The van der Waals surface area contributed by atoms with E-state index in [1.165, 1.54) is 0 Å². The molecule has 0 saturated heterocycles. The Bertz CT molecular complexity index is 376. The molecule has 0 heterocycles. The minimum atomic E-state index is -0.355. The van der Waals surface area contributed by atoms with Crippen molar-refractivity contribution in [2.45, 2.75) is 103 Å². The molecule has 0 unspecified atom stereocenters. The predicted octanol–water partition coefficient (Wildman–Crippen LogP) is 4.03. The topological polar surface area (TPSA) is 49.4 Å². The minimum absolute atomic E-state index is 0.109. The lowest BCUT2D eigenvalue weighted by Crippen LogP contribution is -2.53. The maximum atomic E-state index is 12.5. The second-order valence-corrected chi connectivity index (χ2v) is 7.60. The third-order valence-electron chi connectivity index (χ3n) is 4.35. The van der Waals surface area contributed by atoms with E-state index in [1.807, 2.05) is 18.7 Å². The molecule has 0 aliphatic heterocycles. The first-order valence-electron chi connectivity index (χ1n) is 9.50. The third-order valence-corrected chi connectivity index (χ3v) is 4.35. The van der Waals surface area contributed by atoms with E-state index in [4.69, 9.17) is 0 Å². The van der Waals surface area contributed by atoms with Gasteiger partial charge < -0.3 is 10.2 Å². The van der Waals surface area contributed by atoms with Crippen LogP contribution in [0, 0.1) is 0 Å². The van der Waals surface area contributed by atoms with E-state index in [0.29, 0.717) is 25.4 Å². The lowest BCUT2D eigenvalue weighted by molar-refractivity contribution is -0.134. The molecular formula is C19H36N2O2. The van der Waals surface area contributed by atoms with Crippen LogP contribution >= 0.6 is 0 Å². The van der Waals surface area contributed by atoms with Crippen molar-refractivity contribution in [1.29, 1.82) is 0 Å². The number of rotatable bonds is 12. The van der Waals surface area contributed by atoms with Crippen LogP contribution in [0.3, 0.4) is 0 Å². The number of unbranched alkanes of at least 4 members (excludes halogenated alkanes) is 4. The standard InChI is InChI=1S/C19H36N2O2/c1-5-7-9-11-17(22)20-19(3,4)15-21(16-13-14-16)18(23)12-10-8-6-2/h16H,5-15H2,1-4H3,(H,20,22). The highest BCUT2D eigenvalue weighted by atomic mass is 16.2. The molecular weight excluding hydrogens is 288 g/mol. The van der Waals surface area contributed by atoms with E-state index < -0.39 is 0 Å². The van der Waals surface area contributed by atoms with Crippen LogP contribution < -0.4 is 5.32 Å².